The summed E-state index contributed by atoms with van der Waals surface area (Å²) in [6, 6.07) is 4.04. The Morgan fingerprint density at radius 3 is 2.86 bits per heavy atom. The second-order valence-electron chi connectivity index (χ2n) is 5.85. The van der Waals surface area contributed by atoms with Crippen molar-refractivity contribution in [2.45, 2.75) is 19.4 Å². The van der Waals surface area contributed by atoms with Crippen LogP contribution in [-0.4, -0.2) is 47.0 Å². The van der Waals surface area contributed by atoms with Crippen molar-refractivity contribution in [1.29, 1.82) is 0 Å². The van der Waals surface area contributed by atoms with Crippen molar-refractivity contribution < 1.29 is 0 Å². The van der Waals surface area contributed by atoms with Gasteiger partial charge in [0, 0.05) is 58.1 Å². The Hall–Kier alpha value is -2.21. The number of nitrogens with zero attached hydrogens (tertiary/aromatic N) is 4. The lowest BCUT2D eigenvalue weighted by Crippen LogP contribution is -2.26. The molecular weight excluding hydrogens is 278 g/mol. The zero-order valence-corrected chi connectivity index (χ0v) is 13.0. The van der Waals surface area contributed by atoms with Crippen LogP contribution in [-0.2, 0) is 19.4 Å². The van der Waals surface area contributed by atoms with Crippen LogP contribution < -0.4 is 10.5 Å². The van der Waals surface area contributed by atoms with Gasteiger partial charge in [-0.15, -0.1) is 0 Å². The summed E-state index contributed by atoms with van der Waals surface area (Å²) in [7, 11) is 3.77. The van der Waals surface area contributed by atoms with Crippen molar-refractivity contribution >= 4 is 5.95 Å². The van der Waals surface area contributed by atoms with E-state index in [0.717, 1.165) is 43.7 Å². The third-order valence-electron chi connectivity index (χ3n) is 3.98. The van der Waals surface area contributed by atoms with Gasteiger partial charge < -0.3 is 4.90 Å². The zero-order chi connectivity index (χ0) is 15.5. The van der Waals surface area contributed by atoms with Crippen molar-refractivity contribution in [3.8, 4) is 0 Å². The molecule has 6 heteroatoms. The molecule has 1 aliphatic heterocycles. The minimum absolute atomic E-state index is 0.00284. The number of hydrogen-bond acceptors (Lipinski definition) is 5. The molecule has 0 spiro atoms. The van der Waals surface area contributed by atoms with Gasteiger partial charge in [-0.25, -0.2) is 4.98 Å². The van der Waals surface area contributed by atoms with Crippen LogP contribution in [0.5, 0.6) is 0 Å². The van der Waals surface area contributed by atoms with Crippen LogP contribution in [0.25, 0.3) is 0 Å². The van der Waals surface area contributed by atoms with Crippen molar-refractivity contribution in [3.63, 3.8) is 0 Å². The van der Waals surface area contributed by atoms with Gasteiger partial charge in [-0.1, -0.05) is 6.07 Å². The predicted octanol–water partition coefficient (Wildman–Crippen LogP) is 0.832. The molecule has 116 valence electrons. The van der Waals surface area contributed by atoms with E-state index in [9.17, 15) is 4.79 Å². The van der Waals surface area contributed by atoms with E-state index in [1.165, 1.54) is 5.56 Å². The van der Waals surface area contributed by atoms with Crippen LogP contribution in [0.4, 0.5) is 5.95 Å². The molecular formula is C16H21N5O. The van der Waals surface area contributed by atoms with Crippen molar-refractivity contribution in [3.05, 3.63) is 51.7 Å². The Bertz CT molecular complexity index is 695. The van der Waals surface area contributed by atoms with Crippen LogP contribution in [0.15, 0.2) is 29.3 Å². The van der Waals surface area contributed by atoms with Gasteiger partial charge in [0.1, 0.15) is 0 Å². The first-order valence-corrected chi connectivity index (χ1v) is 7.54. The fourth-order valence-electron chi connectivity index (χ4n) is 2.76. The first kappa shape index (κ1) is 14.7. The Balaban J connectivity index is 1.78. The van der Waals surface area contributed by atoms with E-state index in [2.05, 4.69) is 25.9 Å². The summed E-state index contributed by atoms with van der Waals surface area (Å²) in [6.07, 6.45) is 5.23. The fraction of sp³-hybridized carbons (Fsp3) is 0.438. The molecule has 3 heterocycles. The van der Waals surface area contributed by atoms with E-state index in [-0.39, 0.29) is 5.56 Å². The number of pyridine rings is 1. The van der Waals surface area contributed by atoms with Crippen molar-refractivity contribution in [1.82, 2.24) is 19.9 Å². The second kappa shape index (κ2) is 6.27. The quantitative estimate of drug-likeness (QED) is 0.909. The molecule has 6 nitrogen and oxygen atoms in total. The maximum atomic E-state index is 12.3. The lowest BCUT2D eigenvalue weighted by Gasteiger charge is -2.19. The Kier molecular flexibility index (Phi) is 4.20. The van der Waals surface area contributed by atoms with E-state index in [1.807, 2.05) is 31.3 Å². The Labute approximate surface area is 129 Å². The molecule has 0 bridgehead atoms. The van der Waals surface area contributed by atoms with Gasteiger partial charge in [-0.2, -0.15) is 0 Å². The van der Waals surface area contributed by atoms with E-state index in [4.69, 9.17) is 0 Å². The summed E-state index contributed by atoms with van der Waals surface area (Å²) in [5.74, 6) is 0.629. The SMILES string of the molecule is CN(C)c1nc2c(c(=O)[nH]1)CCN(Cc1cccnc1)CC2. The van der Waals surface area contributed by atoms with Crippen molar-refractivity contribution in [2.75, 3.05) is 32.1 Å². The zero-order valence-electron chi connectivity index (χ0n) is 13.0. The highest BCUT2D eigenvalue weighted by atomic mass is 16.1. The largest absolute Gasteiger partial charge is 0.348 e. The summed E-state index contributed by atoms with van der Waals surface area (Å²) in [4.78, 5) is 28.1. The average molecular weight is 299 g/mol. The number of aromatic nitrogens is 3. The molecule has 22 heavy (non-hydrogen) atoms. The number of hydrogen-bond donors (Lipinski definition) is 1. The normalized spacial score (nSPS) is 15.2. The summed E-state index contributed by atoms with van der Waals surface area (Å²) in [6.45, 7) is 2.64. The number of anilines is 1. The molecule has 1 N–H and O–H groups in total. The van der Waals surface area contributed by atoms with Crippen LogP contribution in [0, 0.1) is 0 Å². The van der Waals surface area contributed by atoms with Gasteiger partial charge in [-0.05, 0) is 18.1 Å². The highest BCUT2D eigenvalue weighted by Crippen LogP contribution is 2.14. The standard InChI is InChI=1S/C16H21N5O/c1-20(2)16-18-14-6-9-21(8-5-13(14)15(22)19-16)11-12-4-3-7-17-10-12/h3-4,7,10H,5-6,8-9,11H2,1-2H3,(H,18,19,22). The summed E-state index contributed by atoms with van der Waals surface area (Å²) < 4.78 is 0. The van der Waals surface area contributed by atoms with Crippen molar-refractivity contribution in [2.24, 2.45) is 0 Å². The van der Waals surface area contributed by atoms with E-state index in [0.29, 0.717) is 5.95 Å². The van der Waals surface area contributed by atoms with E-state index < -0.39 is 0 Å². The summed E-state index contributed by atoms with van der Waals surface area (Å²) in [5, 5.41) is 0. The monoisotopic (exact) mass is 299 g/mol. The fourth-order valence-corrected chi connectivity index (χ4v) is 2.76. The molecule has 3 rings (SSSR count). The molecule has 0 aliphatic carbocycles. The average Bonchev–Trinajstić information content (AvgIpc) is 2.71. The number of H-pyrrole nitrogens is 1. The summed E-state index contributed by atoms with van der Waals surface area (Å²) in [5.41, 5.74) is 2.96. The second-order valence-corrected chi connectivity index (χ2v) is 5.85. The van der Waals surface area contributed by atoms with E-state index in [1.54, 1.807) is 6.20 Å². The highest BCUT2D eigenvalue weighted by Gasteiger charge is 2.19. The van der Waals surface area contributed by atoms with Crippen LogP contribution >= 0.6 is 0 Å². The molecule has 1 aliphatic rings. The van der Waals surface area contributed by atoms with Crippen LogP contribution in [0.2, 0.25) is 0 Å². The maximum Gasteiger partial charge on any atom is 0.255 e. The minimum Gasteiger partial charge on any atom is -0.348 e. The number of rotatable bonds is 3. The smallest absolute Gasteiger partial charge is 0.255 e. The lowest BCUT2D eigenvalue weighted by atomic mass is 10.1. The van der Waals surface area contributed by atoms with Gasteiger partial charge >= 0.3 is 0 Å². The Morgan fingerprint density at radius 1 is 1.32 bits per heavy atom. The van der Waals surface area contributed by atoms with Gasteiger partial charge in [-0.3, -0.25) is 19.7 Å². The minimum atomic E-state index is -0.00284. The number of aromatic amines is 1. The van der Waals surface area contributed by atoms with Gasteiger partial charge in [0.25, 0.3) is 5.56 Å². The molecule has 0 saturated carbocycles. The van der Waals surface area contributed by atoms with Gasteiger partial charge in [0.15, 0.2) is 0 Å². The van der Waals surface area contributed by atoms with Gasteiger partial charge in [0.05, 0.1) is 5.69 Å². The lowest BCUT2D eigenvalue weighted by molar-refractivity contribution is 0.278. The molecule has 0 atom stereocenters. The highest BCUT2D eigenvalue weighted by molar-refractivity contribution is 5.32. The topological polar surface area (TPSA) is 65.1 Å². The molecule has 0 unspecified atom stereocenters. The number of fused-ring (bicyclic) bond motifs is 1. The maximum absolute atomic E-state index is 12.3. The molecule has 0 radical (unpaired) electrons. The van der Waals surface area contributed by atoms with Crippen LogP contribution in [0.1, 0.15) is 16.8 Å². The predicted molar refractivity (Wildman–Crippen MR) is 86.1 cm³/mol. The molecule has 2 aromatic rings. The Morgan fingerprint density at radius 2 is 2.14 bits per heavy atom. The third-order valence-corrected chi connectivity index (χ3v) is 3.98. The summed E-state index contributed by atoms with van der Waals surface area (Å²) >= 11 is 0. The molecule has 0 aromatic carbocycles. The molecule has 0 saturated heterocycles. The first-order chi connectivity index (χ1) is 10.6. The third kappa shape index (κ3) is 3.17. The molecule has 0 amide bonds. The molecule has 0 fully saturated rings. The van der Waals surface area contributed by atoms with Crippen LogP contribution in [0.3, 0.4) is 0 Å². The first-order valence-electron chi connectivity index (χ1n) is 7.54. The van der Waals surface area contributed by atoms with E-state index >= 15 is 0 Å². The number of nitrogens with one attached hydrogen (secondary N) is 1. The van der Waals surface area contributed by atoms with Gasteiger partial charge in [0.2, 0.25) is 5.95 Å². The molecule has 2 aromatic heterocycles.